The summed E-state index contributed by atoms with van der Waals surface area (Å²) in [6, 6.07) is 3.90. The molecule has 1 amide bonds. The Morgan fingerprint density at radius 2 is 2.12 bits per heavy atom. The highest BCUT2D eigenvalue weighted by atomic mass is 19.4. The van der Waals surface area contributed by atoms with Crippen LogP contribution >= 0.6 is 0 Å². The highest BCUT2D eigenvalue weighted by Crippen LogP contribution is 2.42. The molecule has 0 bridgehead atoms. The van der Waals surface area contributed by atoms with Crippen molar-refractivity contribution in [3.63, 3.8) is 0 Å². The van der Waals surface area contributed by atoms with Crippen molar-refractivity contribution in [3.05, 3.63) is 52.7 Å². The van der Waals surface area contributed by atoms with Gasteiger partial charge in [0.1, 0.15) is 11.5 Å². The number of halogens is 3. The number of alkyl halides is 3. The molecule has 0 saturated carbocycles. The van der Waals surface area contributed by atoms with Crippen molar-refractivity contribution in [2.24, 2.45) is 5.41 Å². The predicted octanol–water partition coefficient (Wildman–Crippen LogP) is 4.45. The molecule has 0 aliphatic heterocycles. The van der Waals surface area contributed by atoms with Gasteiger partial charge < -0.3 is 9.73 Å². The summed E-state index contributed by atoms with van der Waals surface area (Å²) in [5.41, 5.74) is -0.939. The third-order valence-electron chi connectivity index (χ3n) is 4.36. The van der Waals surface area contributed by atoms with E-state index in [1.807, 2.05) is 26.8 Å². The summed E-state index contributed by atoms with van der Waals surface area (Å²) in [4.78, 5) is 15.9. The number of fused-ring (bicyclic) bond motifs is 1. The van der Waals surface area contributed by atoms with Crippen molar-refractivity contribution >= 4 is 5.91 Å². The third kappa shape index (κ3) is 3.55. The monoisotopic (exact) mass is 352 g/mol. The van der Waals surface area contributed by atoms with Crippen LogP contribution in [0.4, 0.5) is 13.2 Å². The van der Waals surface area contributed by atoms with Crippen LogP contribution in [0, 0.1) is 12.3 Å². The van der Waals surface area contributed by atoms with E-state index in [0.29, 0.717) is 6.42 Å². The summed E-state index contributed by atoms with van der Waals surface area (Å²) >= 11 is 0. The number of nitrogens with zero attached hydrogens (tertiary/aromatic N) is 1. The lowest BCUT2D eigenvalue weighted by Crippen LogP contribution is -2.36. The predicted molar refractivity (Wildman–Crippen MR) is 85.0 cm³/mol. The summed E-state index contributed by atoms with van der Waals surface area (Å²) in [5, 5.41) is 2.73. The minimum Gasteiger partial charge on any atom is -0.466 e. The first kappa shape index (κ1) is 17.5. The number of carbonyl (C=O) groups excluding carboxylic acids is 1. The van der Waals surface area contributed by atoms with Crippen LogP contribution in [0.25, 0.3) is 0 Å². The van der Waals surface area contributed by atoms with Crippen molar-refractivity contribution < 1.29 is 22.4 Å². The van der Waals surface area contributed by atoms with Crippen LogP contribution in [-0.2, 0) is 12.6 Å². The molecule has 7 heteroatoms. The molecule has 3 rings (SSSR count). The summed E-state index contributed by atoms with van der Waals surface area (Å²) in [6.45, 7) is 5.89. The fourth-order valence-electron chi connectivity index (χ4n) is 3.36. The largest absolute Gasteiger partial charge is 0.466 e. The van der Waals surface area contributed by atoms with Crippen LogP contribution in [-0.4, -0.2) is 10.9 Å². The molecule has 134 valence electrons. The minimum atomic E-state index is -4.68. The Labute approximate surface area is 143 Å². The smallest absolute Gasteiger partial charge is 0.434 e. The molecule has 2 aromatic heterocycles. The fourth-order valence-corrected chi connectivity index (χ4v) is 3.36. The Hall–Kier alpha value is -2.31. The molecule has 2 aromatic rings. The Bertz CT molecular complexity index is 809. The SMILES string of the molecule is Cc1cc2c(o1)CC(C)(C)CC2NC(=O)c1cccnc1C(F)(F)F. The number of rotatable bonds is 2. The van der Waals surface area contributed by atoms with Crippen LogP contribution in [0.15, 0.2) is 28.8 Å². The molecule has 25 heavy (non-hydrogen) atoms. The van der Waals surface area contributed by atoms with Gasteiger partial charge in [-0.15, -0.1) is 0 Å². The molecule has 0 spiro atoms. The van der Waals surface area contributed by atoms with Gasteiger partial charge in [0.15, 0.2) is 5.69 Å². The van der Waals surface area contributed by atoms with Gasteiger partial charge in [-0.05, 0) is 37.0 Å². The van der Waals surface area contributed by atoms with E-state index >= 15 is 0 Å². The van der Waals surface area contributed by atoms with Gasteiger partial charge in [-0.1, -0.05) is 13.8 Å². The second-order valence-electron chi connectivity index (χ2n) is 7.20. The first-order valence-electron chi connectivity index (χ1n) is 7.99. The average Bonchev–Trinajstić information content (AvgIpc) is 2.85. The van der Waals surface area contributed by atoms with E-state index in [-0.39, 0.29) is 5.41 Å². The number of carbonyl (C=O) groups is 1. The molecule has 0 radical (unpaired) electrons. The fraction of sp³-hybridized carbons (Fsp3) is 0.444. The van der Waals surface area contributed by atoms with Crippen molar-refractivity contribution in [1.82, 2.24) is 10.3 Å². The molecular formula is C18H19F3N2O2. The van der Waals surface area contributed by atoms with Crippen LogP contribution in [0.2, 0.25) is 0 Å². The van der Waals surface area contributed by atoms with E-state index < -0.39 is 29.4 Å². The van der Waals surface area contributed by atoms with Gasteiger partial charge in [-0.3, -0.25) is 9.78 Å². The maximum atomic E-state index is 13.1. The van der Waals surface area contributed by atoms with Crippen LogP contribution in [0.3, 0.4) is 0 Å². The van der Waals surface area contributed by atoms with Gasteiger partial charge in [0.2, 0.25) is 0 Å². The molecule has 0 saturated heterocycles. The number of nitrogens with one attached hydrogen (secondary N) is 1. The molecule has 1 atom stereocenters. The summed E-state index contributed by atoms with van der Waals surface area (Å²) in [7, 11) is 0. The highest BCUT2D eigenvalue weighted by Gasteiger charge is 2.39. The third-order valence-corrected chi connectivity index (χ3v) is 4.36. The van der Waals surface area contributed by atoms with E-state index in [2.05, 4.69) is 10.3 Å². The second-order valence-corrected chi connectivity index (χ2v) is 7.20. The number of hydrogen-bond acceptors (Lipinski definition) is 3. The van der Waals surface area contributed by atoms with Crippen molar-refractivity contribution in [2.75, 3.05) is 0 Å². The Kier molecular flexibility index (Phi) is 4.13. The van der Waals surface area contributed by atoms with Gasteiger partial charge in [-0.25, -0.2) is 0 Å². The average molecular weight is 352 g/mol. The quantitative estimate of drug-likeness (QED) is 0.869. The molecule has 0 fully saturated rings. The first-order valence-corrected chi connectivity index (χ1v) is 7.99. The van der Waals surface area contributed by atoms with Gasteiger partial charge in [0, 0.05) is 18.2 Å². The minimum absolute atomic E-state index is 0.128. The van der Waals surface area contributed by atoms with Crippen molar-refractivity contribution in [3.8, 4) is 0 Å². The normalized spacial score (nSPS) is 19.4. The number of pyridine rings is 1. The van der Waals surface area contributed by atoms with Crippen LogP contribution in [0.5, 0.6) is 0 Å². The lowest BCUT2D eigenvalue weighted by molar-refractivity contribution is -0.141. The molecule has 1 aliphatic rings. The van der Waals surface area contributed by atoms with Crippen molar-refractivity contribution in [1.29, 1.82) is 0 Å². The number of amides is 1. The Balaban J connectivity index is 1.92. The molecule has 1 unspecified atom stereocenters. The number of aryl methyl sites for hydroxylation is 1. The zero-order valence-corrected chi connectivity index (χ0v) is 14.2. The highest BCUT2D eigenvalue weighted by molar-refractivity contribution is 5.95. The Morgan fingerprint density at radius 1 is 1.40 bits per heavy atom. The standard InChI is InChI=1S/C18H19F3N2O2/c1-10-7-12-13(8-17(2,3)9-14(12)25-10)23-16(24)11-5-4-6-22-15(11)18(19,20)21/h4-7,13H,8-9H2,1-3H3,(H,23,24). The topological polar surface area (TPSA) is 55.1 Å². The van der Waals surface area contributed by atoms with E-state index in [1.165, 1.54) is 6.07 Å². The van der Waals surface area contributed by atoms with E-state index in [1.54, 1.807) is 0 Å². The van der Waals surface area contributed by atoms with Gasteiger partial charge in [0.25, 0.3) is 5.91 Å². The maximum Gasteiger partial charge on any atom is 0.434 e. The zero-order chi connectivity index (χ0) is 18.4. The lowest BCUT2D eigenvalue weighted by atomic mass is 9.74. The van der Waals surface area contributed by atoms with Crippen molar-refractivity contribution in [2.45, 2.75) is 45.8 Å². The number of furan rings is 1. The second kappa shape index (κ2) is 5.89. The maximum absolute atomic E-state index is 13.1. The van der Waals surface area contributed by atoms with E-state index in [0.717, 1.165) is 35.8 Å². The Morgan fingerprint density at radius 3 is 2.80 bits per heavy atom. The summed E-state index contributed by atoms with van der Waals surface area (Å²) < 4.78 is 45.0. The van der Waals surface area contributed by atoms with Crippen LogP contribution < -0.4 is 5.32 Å². The first-order chi connectivity index (χ1) is 11.6. The molecular weight excluding hydrogens is 333 g/mol. The number of hydrogen-bond donors (Lipinski definition) is 1. The molecule has 2 heterocycles. The summed E-state index contributed by atoms with van der Waals surface area (Å²) in [5.74, 6) is 0.716. The van der Waals surface area contributed by atoms with Gasteiger partial charge >= 0.3 is 6.18 Å². The lowest BCUT2D eigenvalue weighted by Gasteiger charge is -2.34. The molecule has 4 nitrogen and oxygen atoms in total. The number of aromatic nitrogens is 1. The molecule has 1 aliphatic carbocycles. The molecule has 1 N–H and O–H groups in total. The summed E-state index contributed by atoms with van der Waals surface area (Å²) in [6.07, 6.45) is -2.31. The van der Waals surface area contributed by atoms with E-state index in [4.69, 9.17) is 4.42 Å². The van der Waals surface area contributed by atoms with Crippen LogP contribution in [0.1, 0.15) is 59.4 Å². The van der Waals surface area contributed by atoms with Gasteiger partial charge in [-0.2, -0.15) is 13.2 Å². The molecule has 0 aromatic carbocycles. The van der Waals surface area contributed by atoms with Gasteiger partial charge in [0.05, 0.1) is 11.6 Å². The van der Waals surface area contributed by atoms with E-state index in [9.17, 15) is 18.0 Å². The zero-order valence-electron chi connectivity index (χ0n) is 14.2.